The Balaban J connectivity index is 1.59. The maximum Gasteiger partial charge on any atom is 0.294 e. The first-order chi connectivity index (χ1) is 16.5. The molecule has 170 valence electrons. The minimum absolute atomic E-state index is 0.0397. The molecular weight excluding hydrogens is 452 g/mol. The summed E-state index contributed by atoms with van der Waals surface area (Å²) in [5.74, 6) is -0.758. The monoisotopic (exact) mass is 472 g/mol. The number of aryl methyl sites for hydroxylation is 1. The summed E-state index contributed by atoms with van der Waals surface area (Å²) in [7, 11) is 1.55. The van der Waals surface area contributed by atoms with Crippen LogP contribution in [-0.4, -0.2) is 28.9 Å². The van der Waals surface area contributed by atoms with Crippen LogP contribution in [-0.2, 0) is 4.79 Å². The molecule has 3 heterocycles. The fourth-order valence-corrected chi connectivity index (χ4v) is 5.02. The molecule has 1 aliphatic rings. The minimum atomic E-state index is -0.926. The number of anilines is 1. The average molecular weight is 473 g/mol. The molecule has 0 aliphatic carbocycles. The molecule has 1 unspecified atom stereocenters. The van der Waals surface area contributed by atoms with Gasteiger partial charge in [-0.3, -0.25) is 14.5 Å². The molecule has 1 aliphatic heterocycles. The summed E-state index contributed by atoms with van der Waals surface area (Å²) >= 11 is 1.23. The molecule has 0 bridgehead atoms. The molecule has 1 atom stereocenters. The number of hydrogen-bond acceptors (Lipinski definition) is 7. The van der Waals surface area contributed by atoms with E-state index < -0.39 is 23.5 Å². The van der Waals surface area contributed by atoms with Gasteiger partial charge in [0.1, 0.15) is 22.6 Å². The lowest BCUT2D eigenvalue weighted by atomic mass is 9.99. The maximum absolute atomic E-state index is 13.8. The van der Waals surface area contributed by atoms with Crippen LogP contribution in [0, 0.1) is 6.92 Å². The summed E-state index contributed by atoms with van der Waals surface area (Å²) in [6.45, 7) is 1.74. The third-order valence-corrected chi connectivity index (χ3v) is 6.84. The predicted octanol–water partition coefficient (Wildman–Crippen LogP) is 5.50. The van der Waals surface area contributed by atoms with E-state index in [9.17, 15) is 14.7 Å². The lowest BCUT2D eigenvalue weighted by Crippen LogP contribution is -2.30. The Bertz CT molecular complexity index is 1390. The lowest BCUT2D eigenvalue weighted by Gasteiger charge is -2.25. The van der Waals surface area contributed by atoms with Crippen LogP contribution in [0.5, 0.6) is 5.75 Å². The molecule has 2 aromatic heterocycles. The Morgan fingerprint density at radius 2 is 1.82 bits per heavy atom. The fourth-order valence-electron chi connectivity index (χ4n) is 4.00. The predicted molar refractivity (Wildman–Crippen MR) is 128 cm³/mol. The number of furan rings is 1. The molecule has 0 spiro atoms. The Hall–Kier alpha value is -4.17. The van der Waals surface area contributed by atoms with Gasteiger partial charge in [0.15, 0.2) is 5.76 Å². The molecule has 5 rings (SSSR count). The van der Waals surface area contributed by atoms with Gasteiger partial charge in [0, 0.05) is 11.3 Å². The number of thiazole rings is 1. The van der Waals surface area contributed by atoms with Crippen molar-refractivity contribution in [2.75, 3.05) is 12.0 Å². The van der Waals surface area contributed by atoms with Gasteiger partial charge in [-0.1, -0.05) is 30.3 Å². The second-order valence-electron chi connectivity index (χ2n) is 7.68. The number of hydrogen-bond donors (Lipinski definition) is 1. The Labute approximate surface area is 199 Å². The zero-order chi connectivity index (χ0) is 23.8. The third-order valence-electron chi connectivity index (χ3n) is 5.64. The van der Waals surface area contributed by atoms with E-state index in [1.165, 1.54) is 22.5 Å². The summed E-state index contributed by atoms with van der Waals surface area (Å²) in [4.78, 5) is 33.2. The van der Waals surface area contributed by atoms with Gasteiger partial charge in [0.05, 0.1) is 29.5 Å². The van der Waals surface area contributed by atoms with E-state index in [1.807, 2.05) is 30.3 Å². The summed E-state index contributed by atoms with van der Waals surface area (Å²) in [5.41, 5.74) is 1.87. The zero-order valence-electron chi connectivity index (χ0n) is 18.4. The number of ketones is 1. The summed E-state index contributed by atoms with van der Waals surface area (Å²) < 4.78 is 10.8. The third kappa shape index (κ3) is 3.58. The van der Waals surface area contributed by atoms with Gasteiger partial charge in [-0.05, 0) is 43.3 Å². The Morgan fingerprint density at radius 3 is 2.47 bits per heavy atom. The number of methoxy groups -OCH3 is 1. The number of Topliss-reactive ketones (excluding diaryl/α,β-unsaturated/α-hetero) is 1. The SMILES string of the molecule is COc1ccc(N2C(=O)C(O)=C(C(=O)c3sc(-c4ccccc4)nc3C)C2c2ccco2)cc1. The van der Waals surface area contributed by atoms with Gasteiger partial charge in [0.2, 0.25) is 5.78 Å². The number of carbonyl (C=O) groups is 2. The Morgan fingerprint density at radius 1 is 1.09 bits per heavy atom. The van der Waals surface area contributed by atoms with Gasteiger partial charge in [-0.2, -0.15) is 0 Å². The molecule has 0 fully saturated rings. The van der Waals surface area contributed by atoms with E-state index in [1.54, 1.807) is 50.4 Å². The highest BCUT2D eigenvalue weighted by Crippen LogP contribution is 2.43. The van der Waals surface area contributed by atoms with Crippen LogP contribution in [0.4, 0.5) is 5.69 Å². The van der Waals surface area contributed by atoms with Gasteiger partial charge < -0.3 is 14.3 Å². The van der Waals surface area contributed by atoms with Crippen molar-refractivity contribution in [3.05, 3.63) is 101 Å². The molecule has 0 saturated carbocycles. The molecular formula is C26H20N2O5S. The number of nitrogens with zero attached hydrogens (tertiary/aromatic N) is 2. The Kier molecular flexibility index (Phi) is 5.51. The fraction of sp³-hybridized carbons (Fsp3) is 0.115. The number of rotatable bonds is 6. The first-order valence-corrected chi connectivity index (χ1v) is 11.3. The first-order valence-electron chi connectivity index (χ1n) is 10.5. The number of carbonyl (C=O) groups excluding carboxylic acids is 2. The summed E-state index contributed by atoms with van der Waals surface area (Å²) in [5, 5.41) is 11.6. The largest absolute Gasteiger partial charge is 0.503 e. The molecule has 34 heavy (non-hydrogen) atoms. The first kappa shape index (κ1) is 21.7. The van der Waals surface area contributed by atoms with E-state index in [0.717, 1.165) is 5.56 Å². The smallest absolute Gasteiger partial charge is 0.294 e. The van der Waals surface area contributed by atoms with Crippen LogP contribution in [0.3, 0.4) is 0 Å². The molecule has 1 amide bonds. The van der Waals surface area contributed by atoms with E-state index in [0.29, 0.717) is 32.8 Å². The quantitative estimate of drug-likeness (QED) is 0.372. The van der Waals surface area contributed by atoms with Gasteiger partial charge in [-0.25, -0.2) is 4.98 Å². The van der Waals surface area contributed by atoms with Crippen molar-refractivity contribution in [2.24, 2.45) is 0 Å². The van der Waals surface area contributed by atoms with E-state index >= 15 is 0 Å². The summed E-state index contributed by atoms with van der Waals surface area (Å²) in [6, 6.07) is 18.8. The maximum atomic E-state index is 13.8. The van der Waals surface area contributed by atoms with E-state index in [4.69, 9.17) is 9.15 Å². The lowest BCUT2D eigenvalue weighted by molar-refractivity contribution is -0.117. The molecule has 4 aromatic rings. The average Bonchev–Trinajstić information content (AvgIpc) is 3.59. The zero-order valence-corrected chi connectivity index (χ0v) is 19.2. The normalized spacial score (nSPS) is 15.8. The highest BCUT2D eigenvalue weighted by molar-refractivity contribution is 7.17. The standard InChI is InChI=1S/C26H20N2O5S/c1-15-24(34-25(27-15)16-7-4-3-5-8-16)22(29)20-21(19-9-6-14-33-19)28(26(31)23(20)30)17-10-12-18(32-2)13-11-17/h3-14,21,30H,1-2H3. The van der Waals surface area contributed by atoms with Crippen LogP contribution < -0.4 is 9.64 Å². The van der Waals surface area contributed by atoms with Crippen molar-refractivity contribution in [3.8, 4) is 16.3 Å². The molecule has 2 aromatic carbocycles. The van der Waals surface area contributed by atoms with Gasteiger partial charge in [0.25, 0.3) is 5.91 Å². The molecule has 0 radical (unpaired) electrons. The molecule has 1 N–H and O–H groups in total. The number of aliphatic hydroxyl groups excluding tert-OH is 1. The van der Waals surface area contributed by atoms with Crippen molar-refractivity contribution < 1.29 is 23.8 Å². The summed E-state index contributed by atoms with van der Waals surface area (Å²) in [6.07, 6.45) is 1.47. The number of amides is 1. The van der Waals surface area contributed by atoms with Gasteiger partial charge in [-0.15, -0.1) is 11.3 Å². The number of aromatic nitrogens is 1. The molecule has 0 saturated heterocycles. The van der Waals surface area contributed by atoms with Gasteiger partial charge >= 0.3 is 0 Å². The minimum Gasteiger partial charge on any atom is -0.503 e. The number of benzene rings is 2. The van der Waals surface area contributed by atoms with Crippen molar-refractivity contribution >= 4 is 28.7 Å². The van der Waals surface area contributed by atoms with Crippen molar-refractivity contribution in [2.45, 2.75) is 13.0 Å². The molecule has 7 nitrogen and oxygen atoms in total. The van der Waals surface area contributed by atoms with Crippen LogP contribution in [0.2, 0.25) is 0 Å². The highest BCUT2D eigenvalue weighted by Gasteiger charge is 2.46. The van der Waals surface area contributed by atoms with Crippen molar-refractivity contribution in [3.63, 3.8) is 0 Å². The second-order valence-corrected chi connectivity index (χ2v) is 8.68. The van der Waals surface area contributed by atoms with Crippen molar-refractivity contribution in [1.82, 2.24) is 4.98 Å². The van der Waals surface area contributed by atoms with Crippen LogP contribution in [0.1, 0.15) is 27.2 Å². The van der Waals surface area contributed by atoms with Crippen LogP contribution in [0.25, 0.3) is 10.6 Å². The van der Waals surface area contributed by atoms with E-state index in [-0.39, 0.29) is 5.57 Å². The van der Waals surface area contributed by atoms with Crippen molar-refractivity contribution in [1.29, 1.82) is 0 Å². The molecule has 8 heteroatoms. The second kappa shape index (κ2) is 8.64. The number of ether oxygens (including phenoxy) is 1. The van der Waals surface area contributed by atoms with Crippen LogP contribution >= 0.6 is 11.3 Å². The highest BCUT2D eigenvalue weighted by atomic mass is 32.1. The van der Waals surface area contributed by atoms with Crippen LogP contribution in [0.15, 0.2) is 88.7 Å². The number of aliphatic hydroxyl groups is 1. The van der Waals surface area contributed by atoms with E-state index in [2.05, 4.69) is 4.98 Å². The topological polar surface area (TPSA) is 92.9 Å².